The molecule has 1 aliphatic rings. The Morgan fingerprint density at radius 1 is 0.193 bits per heavy atom. The fourth-order valence-electron chi connectivity index (χ4n) is 13.0. The van der Waals surface area contributed by atoms with Crippen molar-refractivity contribution in [3.05, 3.63) is 362 Å². The van der Waals surface area contributed by atoms with Crippen LogP contribution in [0.2, 0.25) is 0 Å². The van der Waals surface area contributed by atoms with Crippen LogP contribution < -0.4 is 9.80 Å². The molecule has 0 fully saturated rings. The van der Waals surface area contributed by atoms with Gasteiger partial charge in [0.2, 0.25) is 0 Å². The second kappa shape index (κ2) is 21.0. The molecule has 83 heavy (non-hydrogen) atoms. The third-order valence-corrected chi connectivity index (χ3v) is 16.9. The number of para-hydroxylation sites is 1. The SMILES string of the molecule is c1ccc(-c2cc3ccccc3cc2N(c2cccc(-c3ccc(-c4cccc(-c5ccc(N(c6ccccc6)c6ccc7ccccc7c6)cc5)c4)cc3)c2)c2ccc3c(c2)C(c2ccccc2)(c2ccccc2)c2ccccc2-3)cc1. The second-order valence-corrected chi connectivity index (χ2v) is 21.6. The predicted octanol–water partition coefficient (Wildman–Crippen LogP) is 22.0. The van der Waals surface area contributed by atoms with Gasteiger partial charge in [0, 0.05) is 34.0 Å². The van der Waals surface area contributed by atoms with Gasteiger partial charge in [-0.25, -0.2) is 0 Å². The third-order valence-electron chi connectivity index (χ3n) is 16.9. The zero-order chi connectivity index (χ0) is 55.1. The van der Waals surface area contributed by atoms with Gasteiger partial charge in [-0.1, -0.05) is 261 Å². The molecule has 15 rings (SSSR count). The van der Waals surface area contributed by atoms with Gasteiger partial charge in [-0.15, -0.1) is 0 Å². The van der Waals surface area contributed by atoms with Gasteiger partial charge in [0.1, 0.15) is 0 Å². The molecule has 0 atom stereocenters. The van der Waals surface area contributed by atoms with Gasteiger partial charge in [0.15, 0.2) is 0 Å². The lowest BCUT2D eigenvalue weighted by Crippen LogP contribution is -2.28. The van der Waals surface area contributed by atoms with E-state index < -0.39 is 5.41 Å². The normalized spacial score (nSPS) is 12.2. The van der Waals surface area contributed by atoms with Gasteiger partial charge < -0.3 is 9.80 Å². The number of benzene rings is 14. The molecule has 0 N–H and O–H groups in total. The Morgan fingerprint density at radius 3 is 1.27 bits per heavy atom. The summed E-state index contributed by atoms with van der Waals surface area (Å²) in [6.45, 7) is 0. The maximum atomic E-state index is 2.50. The molecule has 0 saturated carbocycles. The first-order valence-corrected chi connectivity index (χ1v) is 28.6. The van der Waals surface area contributed by atoms with Crippen LogP contribution in [0.15, 0.2) is 340 Å². The molecule has 2 heteroatoms. The quantitative estimate of drug-likeness (QED) is 0.120. The molecule has 390 valence electrons. The smallest absolute Gasteiger partial charge is 0.0714 e. The lowest BCUT2D eigenvalue weighted by Gasteiger charge is -2.35. The Bertz CT molecular complexity index is 4610. The number of fused-ring (bicyclic) bond motifs is 5. The van der Waals surface area contributed by atoms with Crippen LogP contribution in [-0.2, 0) is 5.41 Å². The van der Waals surface area contributed by atoms with E-state index >= 15 is 0 Å². The molecule has 0 heterocycles. The molecule has 1 aliphatic carbocycles. The maximum Gasteiger partial charge on any atom is 0.0714 e. The number of anilines is 6. The highest BCUT2D eigenvalue weighted by Gasteiger charge is 2.46. The van der Waals surface area contributed by atoms with Crippen molar-refractivity contribution in [1.82, 2.24) is 0 Å². The minimum Gasteiger partial charge on any atom is -0.310 e. The third kappa shape index (κ3) is 8.86. The van der Waals surface area contributed by atoms with Gasteiger partial charge in [0.05, 0.1) is 11.1 Å². The molecule has 14 aromatic rings. The number of nitrogens with zero attached hydrogens (tertiary/aromatic N) is 2. The molecule has 2 nitrogen and oxygen atoms in total. The molecule has 0 unspecified atom stereocenters. The first kappa shape index (κ1) is 49.3. The molecule has 0 amide bonds. The molecule has 14 aromatic carbocycles. The molecule has 0 saturated heterocycles. The van der Waals surface area contributed by atoms with Crippen molar-refractivity contribution in [2.45, 2.75) is 5.41 Å². The van der Waals surface area contributed by atoms with E-state index in [1.165, 1.54) is 77.2 Å². The molecule has 0 aromatic heterocycles. The summed E-state index contributed by atoms with van der Waals surface area (Å²) in [5.74, 6) is 0. The van der Waals surface area contributed by atoms with Crippen LogP contribution in [0.5, 0.6) is 0 Å². The van der Waals surface area contributed by atoms with E-state index in [0.717, 1.165) is 56.4 Å². The Hall–Kier alpha value is -10.8. The fourth-order valence-corrected chi connectivity index (χ4v) is 13.0. The standard InChI is InChI=1S/C81H56N2/c1-5-22-61(23-6-1)77-54-66-25-15-16-26-67(66)55-80(77)83(74-49-50-76-75-37-17-18-38-78(75)81(79(76)56-74,68-30-7-2-8-31-68)69-32-9-3-10-33-69)72-36-20-29-65(52-72)59-41-39-58(40-42-59)62-27-19-28-63(51-62)60-43-46-71(47-44-60)82(70-34-11-4-12-35-70)73-48-45-57-21-13-14-24-64(57)53-73/h1-56H. The van der Waals surface area contributed by atoms with Crippen LogP contribution in [0.3, 0.4) is 0 Å². The van der Waals surface area contributed by atoms with Crippen molar-refractivity contribution in [3.8, 4) is 55.6 Å². The molecule has 0 aliphatic heterocycles. The molecule has 0 bridgehead atoms. The van der Waals surface area contributed by atoms with E-state index in [0.29, 0.717) is 0 Å². The first-order chi connectivity index (χ1) is 41.1. The van der Waals surface area contributed by atoms with Crippen LogP contribution in [0.4, 0.5) is 34.1 Å². The summed E-state index contributed by atoms with van der Waals surface area (Å²) in [6, 6.07) is 125. The van der Waals surface area contributed by atoms with E-state index in [-0.39, 0.29) is 0 Å². The monoisotopic (exact) mass is 1060 g/mol. The Labute approximate surface area is 485 Å². The van der Waals surface area contributed by atoms with E-state index in [9.17, 15) is 0 Å². The van der Waals surface area contributed by atoms with Gasteiger partial charge in [-0.2, -0.15) is 0 Å². The molecular weight excluding hydrogens is 1000 g/mol. The lowest BCUT2D eigenvalue weighted by molar-refractivity contribution is 0.768. The highest BCUT2D eigenvalue weighted by molar-refractivity contribution is 6.00. The Morgan fingerprint density at radius 2 is 0.614 bits per heavy atom. The van der Waals surface area contributed by atoms with E-state index in [2.05, 4.69) is 350 Å². The van der Waals surface area contributed by atoms with Crippen molar-refractivity contribution < 1.29 is 0 Å². The Kier molecular flexibility index (Phi) is 12.5. The van der Waals surface area contributed by atoms with E-state index in [4.69, 9.17) is 0 Å². The van der Waals surface area contributed by atoms with Gasteiger partial charge in [0.25, 0.3) is 0 Å². The highest BCUT2D eigenvalue weighted by Crippen LogP contribution is 2.58. The average Bonchev–Trinajstić information content (AvgIpc) is 3.80. The Balaban J connectivity index is 0.811. The molecular formula is C81H56N2. The topological polar surface area (TPSA) is 6.48 Å². The van der Waals surface area contributed by atoms with Gasteiger partial charge >= 0.3 is 0 Å². The number of rotatable bonds is 12. The summed E-state index contributed by atoms with van der Waals surface area (Å²) in [4.78, 5) is 4.83. The van der Waals surface area contributed by atoms with Crippen LogP contribution in [0.25, 0.3) is 77.2 Å². The van der Waals surface area contributed by atoms with Crippen LogP contribution in [-0.4, -0.2) is 0 Å². The average molecular weight is 1060 g/mol. The van der Waals surface area contributed by atoms with E-state index in [1.54, 1.807) is 0 Å². The summed E-state index contributed by atoms with van der Waals surface area (Å²) in [5, 5.41) is 4.83. The van der Waals surface area contributed by atoms with Crippen molar-refractivity contribution in [1.29, 1.82) is 0 Å². The number of hydrogen-bond acceptors (Lipinski definition) is 2. The van der Waals surface area contributed by atoms with Gasteiger partial charge in [-0.05, 0) is 173 Å². The summed E-state index contributed by atoms with van der Waals surface area (Å²) in [6.07, 6.45) is 0. The molecule has 0 radical (unpaired) electrons. The lowest BCUT2D eigenvalue weighted by atomic mass is 9.67. The summed E-state index contributed by atoms with van der Waals surface area (Å²) >= 11 is 0. The maximum absolute atomic E-state index is 2.50. The van der Waals surface area contributed by atoms with Crippen LogP contribution >= 0.6 is 0 Å². The summed E-state index contributed by atoms with van der Waals surface area (Å²) in [5.41, 5.74) is 22.9. The predicted molar refractivity (Wildman–Crippen MR) is 350 cm³/mol. The van der Waals surface area contributed by atoms with Crippen molar-refractivity contribution in [2.24, 2.45) is 0 Å². The second-order valence-electron chi connectivity index (χ2n) is 21.6. The number of hydrogen-bond donors (Lipinski definition) is 0. The van der Waals surface area contributed by atoms with Gasteiger partial charge in [-0.3, -0.25) is 0 Å². The molecule has 0 spiro atoms. The summed E-state index contributed by atoms with van der Waals surface area (Å²) < 4.78 is 0. The van der Waals surface area contributed by atoms with Crippen LogP contribution in [0.1, 0.15) is 22.3 Å². The minimum absolute atomic E-state index is 0.557. The zero-order valence-electron chi connectivity index (χ0n) is 45.7. The van der Waals surface area contributed by atoms with Crippen molar-refractivity contribution in [2.75, 3.05) is 9.80 Å². The van der Waals surface area contributed by atoms with Crippen molar-refractivity contribution in [3.63, 3.8) is 0 Å². The van der Waals surface area contributed by atoms with Crippen LogP contribution in [0, 0.1) is 0 Å². The van der Waals surface area contributed by atoms with Crippen molar-refractivity contribution >= 4 is 55.7 Å². The summed E-state index contributed by atoms with van der Waals surface area (Å²) in [7, 11) is 0. The highest BCUT2D eigenvalue weighted by atomic mass is 15.1. The minimum atomic E-state index is -0.557. The largest absolute Gasteiger partial charge is 0.310 e. The zero-order valence-corrected chi connectivity index (χ0v) is 45.7. The van der Waals surface area contributed by atoms with E-state index in [1.807, 2.05) is 0 Å². The fraction of sp³-hybridized carbons (Fsp3) is 0.0123. The first-order valence-electron chi connectivity index (χ1n) is 28.6.